The molecule has 0 saturated carbocycles. The number of halogens is 2. The van der Waals surface area contributed by atoms with Crippen molar-refractivity contribution in [3.8, 4) is 5.75 Å². The van der Waals surface area contributed by atoms with Crippen LogP contribution < -0.4 is 5.32 Å². The highest BCUT2D eigenvalue weighted by molar-refractivity contribution is 5.79. The van der Waals surface area contributed by atoms with Gasteiger partial charge >= 0.3 is 5.97 Å². The molecule has 0 amide bonds. The molecule has 0 bridgehead atoms. The largest absolute Gasteiger partial charge is 0.505 e. The van der Waals surface area contributed by atoms with Gasteiger partial charge in [-0.05, 0) is 48.4 Å². The first-order valence-corrected chi connectivity index (χ1v) is 6.12. The van der Waals surface area contributed by atoms with Crippen molar-refractivity contribution in [2.45, 2.75) is 13.0 Å². The minimum absolute atomic E-state index is 0.111. The maximum Gasteiger partial charge on any atom is 0.330 e. The Morgan fingerprint density at radius 2 is 1.90 bits per heavy atom. The van der Waals surface area contributed by atoms with Crippen LogP contribution in [0.5, 0.6) is 5.75 Å². The number of nitrogens with one attached hydrogen (secondary N) is 1. The van der Waals surface area contributed by atoms with Crippen LogP contribution in [0.4, 0.5) is 14.5 Å². The molecule has 1 unspecified atom stereocenters. The minimum Gasteiger partial charge on any atom is -0.505 e. The summed E-state index contributed by atoms with van der Waals surface area (Å²) in [7, 11) is 0. The monoisotopic (exact) mass is 293 g/mol. The van der Waals surface area contributed by atoms with Gasteiger partial charge < -0.3 is 15.5 Å². The molecule has 2 aromatic rings. The number of aryl methyl sites for hydroxylation is 1. The molecule has 0 heterocycles. The third-order valence-corrected chi connectivity index (χ3v) is 2.91. The SMILES string of the molecule is Cc1cc(F)cc(NC(C(=O)O)c2ccc(O)c(F)c2)c1. The lowest BCUT2D eigenvalue weighted by molar-refractivity contribution is -0.138. The number of hydrogen-bond donors (Lipinski definition) is 3. The second-order valence-corrected chi connectivity index (χ2v) is 4.64. The summed E-state index contributed by atoms with van der Waals surface area (Å²) in [4.78, 5) is 11.3. The zero-order valence-electron chi connectivity index (χ0n) is 11.1. The summed E-state index contributed by atoms with van der Waals surface area (Å²) in [6.45, 7) is 1.67. The van der Waals surface area contributed by atoms with E-state index in [4.69, 9.17) is 5.11 Å². The summed E-state index contributed by atoms with van der Waals surface area (Å²) in [6, 6.07) is 6.06. The smallest absolute Gasteiger partial charge is 0.330 e. The average Bonchev–Trinajstić information content (AvgIpc) is 2.38. The Bertz CT molecular complexity index is 668. The third-order valence-electron chi connectivity index (χ3n) is 2.91. The molecule has 21 heavy (non-hydrogen) atoms. The van der Waals surface area contributed by atoms with Crippen molar-refractivity contribution in [1.82, 2.24) is 0 Å². The summed E-state index contributed by atoms with van der Waals surface area (Å²) >= 11 is 0. The van der Waals surface area contributed by atoms with Gasteiger partial charge in [-0.1, -0.05) is 6.07 Å². The van der Waals surface area contributed by atoms with Gasteiger partial charge in [0.1, 0.15) is 5.82 Å². The molecule has 0 spiro atoms. The highest BCUT2D eigenvalue weighted by Crippen LogP contribution is 2.25. The molecule has 0 saturated heterocycles. The summed E-state index contributed by atoms with van der Waals surface area (Å²) in [5.41, 5.74) is 1.01. The number of benzene rings is 2. The number of hydrogen-bond acceptors (Lipinski definition) is 3. The Kier molecular flexibility index (Phi) is 4.07. The molecule has 2 rings (SSSR count). The third kappa shape index (κ3) is 3.47. The lowest BCUT2D eigenvalue weighted by Crippen LogP contribution is -2.20. The van der Waals surface area contributed by atoms with E-state index in [9.17, 15) is 18.7 Å². The molecule has 0 radical (unpaired) electrons. The molecule has 1 atom stereocenters. The number of carboxylic acids is 1. The first-order chi connectivity index (χ1) is 9.86. The molecule has 0 aliphatic carbocycles. The van der Waals surface area contributed by atoms with Crippen molar-refractivity contribution in [1.29, 1.82) is 0 Å². The molecule has 3 N–H and O–H groups in total. The predicted octanol–water partition coefficient (Wildman–Crippen LogP) is 3.22. The summed E-state index contributed by atoms with van der Waals surface area (Å²) in [5.74, 6) is -3.24. The van der Waals surface area contributed by atoms with E-state index in [-0.39, 0.29) is 11.3 Å². The van der Waals surface area contributed by atoms with Crippen molar-refractivity contribution in [2.24, 2.45) is 0 Å². The van der Waals surface area contributed by atoms with E-state index in [1.54, 1.807) is 13.0 Å². The Labute approximate surface area is 119 Å². The van der Waals surface area contributed by atoms with E-state index in [1.807, 2.05) is 0 Å². The van der Waals surface area contributed by atoms with Crippen LogP contribution in [0.3, 0.4) is 0 Å². The van der Waals surface area contributed by atoms with E-state index >= 15 is 0 Å². The van der Waals surface area contributed by atoms with Gasteiger partial charge in [-0.3, -0.25) is 0 Å². The highest BCUT2D eigenvalue weighted by atomic mass is 19.1. The molecule has 0 aliphatic rings. The fourth-order valence-corrected chi connectivity index (χ4v) is 1.98. The molecular formula is C15H13F2NO3. The Morgan fingerprint density at radius 3 is 2.48 bits per heavy atom. The normalized spacial score (nSPS) is 12.0. The van der Waals surface area contributed by atoms with Gasteiger partial charge in [-0.15, -0.1) is 0 Å². The molecule has 6 heteroatoms. The summed E-state index contributed by atoms with van der Waals surface area (Å²) < 4.78 is 26.7. The lowest BCUT2D eigenvalue weighted by Gasteiger charge is -2.17. The molecular weight excluding hydrogens is 280 g/mol. The number of carbonyl (C=O) groups is 1. The predicted molar refractivity (Wildman–Crippen MR) is 73.2 cm³/mol. The number of phenols is 1. The highest BCUT2D eigenvalue weighted by Gasteiger charge is 2.21. The first kappa shape index (κ1) is 14.8. The molecule has 0 aromatic heterocycles. The van der Waals surface area contributed by atoms with Crippen LogP contribution in [-0.4, -0.2) is 16.2 Å². The van der Waals surface area contributed by atoms with E-state index in [0.29, 0.717) is 5.56 Å². The number of aliphatic carboxylic acids is 1. The molecule has 0 aliphatic heterocycles. The van der Waals surface area contributed by atoms with Gasteiger partial charge in [0.15, 0.2) is 17.6 Å². The van der Waals surface area contributed by atoms with Crippen LogP contribution in [0.25, 0.3) is 0 Å². The van der Waals surface area contributed by atoms with Crippen molar-refractivity contribution in [2.75, 3.05) is 5.32 Å². The maximum absolute atomic E-state index is 13.3. The fraction of sp³-hybridized carbons (Fsp3) is 0.133. The molecule has 110 valence electrons. The molecule has 0 fully saturated rings. The number of aromatic hydroxyl groups is 1. The lowest BCUT2D eigenvalue weighted by atomic mass is 10.1. The molecule has 4 nitrogen and oxygen atoms in total. The van der Waals surface area contributed by atoms with Crippen LogP contribution in [0.1, 0.15) is 17.2 Å². The van der Waals surface area contributed by atoms with Gasteiger partial charge in [-0.2, -0.15) is 0 Å². The van der Waals surface area contributed by atoms with Gasteiger partial charge in [0.25, 0.3) is 0 Å². The number of rotatable bonds is 4. The van der Waals surface area contributed by atoms with Crippen molar-refractivity contribution < 1.29 is 23.8 Å². The van der Waals surface area contributed by atoms with Crippen molar-refractivity contribution in [3.63, 3.8) is 0 Å². The van der Waals surface area contributed by atoms with E-state index in [0.717, 1.165) is 18.2 Å². The quantitative estimate of drug-likeness (QED) is 0.809. The van der Waals surface area contributed by atoms with Crippen LogP contribution in [0.15, 0.2) is 36.4 Å². The Morgan fingerprint density at radius 1 is 1.19 bits per heavy atom. The summed E-state index contributed by atoms with van der Waals surface area (Å²) in [6.07, 6.45) is 0. The van der Waals surface area contributed by atoms with Gasteiger partial charge in [0.2, 0.25) is 0 Å². The number of phenolic OH excluding ortho intramolecular Hbond substituents is 1. The number of carboxylic acid groups (broad SMARTS) is 1. The minimum atomic E-state index is -1.26. The molecule has 2 aromatic carbocycles. The first-order valence-electron chi connectivity index (χ1n) is 6.12. The van der Waals surface area contributed by atoms with Gasteiger partial charge in [0.05, 0.1) is 0 Å². The zero-order chi connectivity index (χ0) is 15.6. The van der Waals surface area contributed by atoms with Crippen LogP contribution >= 0.6 is 0 Å². The fourth-order valence-electron chi connectivity index (χ4n) is 1.98. The Hall–Kier alpha value is -2.63. The van der Waals surface area contributed by atoms with E-state index in [1.165, 1.54) is 12.1 Å². The second kappa shape index (κ2) is 5.78. The maximum atomic E-state index is 13.3. The van der Waals surface area contributed by atoms with Crippen LogP contribution in [-0.2, 0) is 4.79 Å². The standard InChI is InChI=1S/C15H13F2NO3/c1-8-4-10(16)7-11(5-8)18-14(15(20)21)9-2-3-13(19)12(17)6-9/h2-7,14,18-19H,1H3,(H,20,21). The average molecular weight is 293 g/mol. The zero-order valence-corrected chi connectivity index (χ0v) is 11.1. The van der Waals surface area contributed by atoms with Crippen molar-refractivity contribution in [3.05, 3.63) is 59.2 Å². The second-order valence-electron chi connectivity index (χ2n) is 4.64. The van der Waals surface area contributed by atoms with Gasteiger partial charge in [-0.25, -0.2) is 13.6 Å². The number of anilines is 1. The Balaban J connectivity index is 2.35. The van der Waals surface area contributed by atoms with E-state index in [2.05, 4.69) is 5.32 Å². The van der Waals surface area contributed by atoms with Crippen molar-refractivity contribution >= 4 is 11.7 Å². The van der Waals surface area contributed by atoms with E-state index < -0.39 is 29.4 Å². The van der Waals surface area contributed by atoms with Crippen LogP contribution in [0, 0.1) is 18.6 Å². The van der Waals surface area contributed by atoms with Crippen LogP contribution in [0.2, 0.25) is 0 Å². The topological polar surface area (TPSA) is 69.6 Å². The summed E-state index contributed by atoms with van der Waals surface area (Å²) in [5, 5.41) is 21.0. The van der Waals surface area contributed by atoms with Gasteiger partial charge in [0, 0.05) is 5.69 Å².